The maximum Gasteiger partial charge on any atom is 0.330 e. The lowest BCUT2D eigenvalue weighted by Gasteiger charge is -2.51. The largest absolute Gasteiger partial charge is 0.459 e. The summed E-state index contributed by atoms with van der Waals surface area (Å²) in [6.45, 7) is 4.02. The molecule has 2 aliphatic rings. The van der Waals surface area contributed by atoms with Gasteiger partial charge in [0.15, 0.2) is 0 Å². The first kappa shape index (κ1) is 26.0. The number of β-lactam (4-membered cyclic amide) rings is 1. The molecule has 2 saturated heterocycles. The Bertz CT molecular complexity index is 1320. The predicted octanol–water partition coefficient (Wildman–Crippen LogP) is 5.03. The number of esters is 1. The number of hydrogen-bond acceptors (Lipinski definition) is 5. The predicted molar refractivity (Wildman–Crippen MR) is 148 cm³/mol. The van der Waals surface area contributed by atoms with Crippen LogP contribution in [0.5, 0.6) is 0 Å². The summed E-state index contributed by atoms with van der Waals surface area (Å²) in [7, 11) is -2.63. The summed E-state index contributed by atoms with van der Waals surface area (Å²) in [6, 6.07) is 27.4. The normalized spacial score (nSPS) is 23.3. The van der Waals surface area contributed by atoms with E-state index in [1.165, 1.54) is 4.90 Å². The van der Waals surface area contributed by atoms with Gasteiger partial charge in [-0.1, -0.05) is 78.9 Å². The first-order valence-electron chi connectivity index (χ1n) is 12.6. The maximum absolute atomic E-state index is 14.7. The molecule has 1 N–H and O–H groups in total. The number of benzene rings is 3. The molecule has 8 heteroatoms. The number of amides is 2. The van der Waals surface area contributed by atoms with Crippen molar-refractivity contribution in [2.24, 2.45) is 0 Å². The van der Waals surface area contributed by atoms with E-state index in [0.29, 0.717) is 12.2 Å². The summed E-state index contributed by atoms with van der Waals surface area (Å²) in [4.78, 5) is 44.3. The Morgan fingerprint density at radius 3 is 2.05 bits per heavy atom. The second-order valence-corrected chi connectivity index (χ2v) is 13.9. The highest BCUT2D eigenvalue weighted by Gasteiger charge is 2.72. The lowest BCUT2D eigenvalue weighted by molar-refractivity contribution is -0.162. The molecule has 0 unspecified atom stereocenters. The fourth-order valence-corrected chi connectivity index (χ4v) is 9.84. The molecule has 2 heterocycles. The van der Waals surface area contributed by atoms with Gasteiger partial charge in [-0.3, -0.25) is 9.59 Å². The van der Waals surface area contributed by atoms with E-state index in [9.17, 15) is 19.5 Å². The van der Waals surface area contributed by atoms with E-state index in [-0.39, 0.29) is 24.2 Å². The summed E-state index contributed by atoms with van der Waals surface area (Å²) in [5.74, 6) is -1.18. The summed E-state index contributed by atoms with van der Waals surface area (Å²) >= 11 is 0. The van der Waals surface area contributed by atoms with Gasteiger partial charge in [0.25, 0.3) is 5.24 Å². The molecule has 0 aromatic heterocycles. The average Bonchev–Trinajstić information content (AvgIpc) is 3.11. The highest BCUT2D eigenvalue weighted by Crippen LogP contribution is 2.74. The Morgan fingerprint density at radius 2 is 1.50 bits per heavy atom. The molecular weight excluding hydrogens is 500 g/mol. The molecule has 3 atom stereocenters. The van der Waals surface area contributed by atoms with Gasteiger partial charge in [0, 0.05) is 10.4 Å². The van der Waals surface area contributed by atoms with E-state index in [1.54, 1.807) is 4.90 Å². The Kier molecular flexibility index (Phi) is 7.03. The summed E-state index contributed by atoms with van der Waals surface area (Å²) in [6.07, 6.45) is 0.126. The summed E-state index contributed by atoms with van der Waals surface area (Å²) < 4.78 is 4.66. The molecule has 3 aromatic rings. The van der Waals surface area contributed by atoms with Gasteiger partial charge in [-0.2, -0.15) is 0 Å². The van der Waals surface area contributed by atoms with Crippen LogP contribution in [0.3, 0.4) is 0 Å². The number of hydrogen-bond donors (Lipinski definition) is 1. The molecule has 2 amide bonds. The zero-order chi connectivity index (χ0) is 26.9. The van der Waals surface area contributed by atoms with Crippen molar-refractivity contribution in [3.05, 3.63) is 102 Å². The molecule has 0 aliphatic carbocycles. The van der Waals surface area contributed by atoms with Gasteiger partial charge in [0.05, 0.1) is 24.3 Å². The minimum absolute atomic E-state index is 0.0680. The van der Waals surface area contributed by atoms with Crippen molar-refractivity contribution in [1.82, 2.24) is 4.90 Å². The maximum atomic E-state index is 14.7. The Hall–Kier alpha value is -3.62. The van der Waals surface area contributed by atoms with E-state index >= 15 is 0 Å². The van der Waals surface area contributed by atoms with Crippen LogP contribution in [-0.4, -0.2) is 49.2 Å². The number of nitrogens with zero attached hydrogens (tertiary/aromatic N) is 2. The molecule has 5 rings (SSSR count). The number of carbonyl (C=O) groups excluding carboxylic acids is 3. The van der Waals surface area contributed by atoms with Crippen LogP contribution >= 0.6 is 10.0 Å². The average molecular weight is 533 g/mol. The molecule has 0 saturated carbocycles. The molecule has 0 bridgehead atoms. The molecule has 7 nitrogen and oxygen atoms in total. The number of aliphatic hydroxyl groups excluding tert-OH is 1. The van der Waals surface area contributed by atoms with Crippen LogP contribution < -0.4 is 4.90 Å². The minimum atomic E-state index is -2.63. The number of para-hydroxylation sites is 1. The van der Waals surface area contributed by atoms with Crippen molar-refractivity contribution in [3.8, 4) is 0 Å². The van der Waals surface area contributed by atoms with Crippen LogP contribution in [0.4, 0.5) is 10.5 Å². The van der Waals surface area contributed by atoms with Gasteiger partial charge in [-0.25, -0.2) is 4.79 Å². The summed E-state index contributed by atoms with van der Waals surface area (Å²) in [5.41, 5.74) is 2.47. The number of fused-ring (bicyclic) bond motifs is 1. The van der Waals surface area contributed by atoms with Gasteiger partial charge in [-0.05, 0) is 37.1 Å². The van der Waals surface area contributed by atoms with Crippen LogP contribution in [0, 0.1) is 0 Å². The molecule has 0 radical (unpaired) electrons. The smallest absolute Gasteiger partial charge is 0.330 e. The number of carbonyl (C=O) groups is 3. The molecule has 38 heavy (non-hydrogen) atoms. The van der Waals surface area contributed by atoms with Crippen molar-refractivity contribution < 1.29 is 24.2 Å². The van der Waals surface area contributed by atoms with Crippen LogP contribution in [0.25, 0.3) is 0 Å². The third kappa shape index (κ3) is 4.18. The van der Waals surface area contributed by atoms with E-state index in [0.717, 1.165) is 11.1 Å². The highest BCUT2D eigenvalue weighted by molar-refractivity contribution is 8.46. The number of aliphatic hydroxyl groups is 1. The molecule has 0 spiro atoms. The first-order chi connectivity index (χ1) is 18.3. The fourth-order valence-electron chi connectivity index (χ4n) is 5.62. The number of anilines is 1. The lowest BCUT2D eigenvalue weighted by atomic mass is 9.98. The molecule has 2 aliphatic heterocycles. The van der Waals surface area contributed by atoms with Crippen molar-refractivity contribution >= 4 is 32.8 Å². The Morgan fingerprint density at radius 1 is 0.947 bits per heavy atom. The second-order valence-electron chi connectivity index (χ2n) is 10.2. The number of ether oxygens (including phenoxy) is 1. The molecule has 2 fully saturated rings. The quantitative estimate of drug-likeness (QED) is 0.341. The molecular formula is C30H32N2O5S. The van der Waals surface area contributed by atoms with Crippen LogP contribution in [0.2, 0.25) is 0 Å². The highest BCUT2D eigenvalue weighted by atomic mass is 32.3. The molecule has 3 aromatic carbocycles. The van der Waals surface area contributed by atoms with Gasteiger partial charge in [0.2, 0.25) is 5.91 Å². The minimum Gasteiger partial charge on any atom is -0.459 e. The van der Waals surface area contributed by atoms with Gasteiger partial charge in [-0.15, -0.1) is 10.0 Å². The SMILES string of the molecule is CC1(C)[C@H](C(=O)OCc2ccccc2)N2C(=O)C[C@H]2[S@@]1(CO)C(=O)N(Cc1ccccc1)c1ccccc1. The summed E-state index contributed by atoms with van der Waals surface area (Å²) in [5, 5.41) is 10.2. The Labute approximate surface area is 224 Å². The number of rotatable bonds is 7. The van der Waals surface area contributed by atoms with Gasteiger partial charge in [0.1, 0.15) is 12.6 Å². The molecule has 198 valence electrons. The van der Waals surface area contributed by atoms with E-state index in [4.69, 9.17) is 4.74 Å². The van der Waals surface area contributed by atoms with E-state index in [2.05, 4.69) is 0 Å². The first-order valence-corrected chi connectivity index (χ1v) is 14.5. The standard InChI is InChI=1S/C30H32N2O5S/c1-30(2)27(28(35)37-20-23-14-8-4-9-15-23)32-25(34)18-26(32)38(30,21-33)29(36)31(24-16-10-5-11-17-24)19-22-12-6-3-7-13-22/h3-17,26-27,33H,18-21H2,1-2H3/t26-,27+/m1/s1. The van der Waals surface area contributed by atoms with Crippen LogP contribution in [0.15, 0.2) is 91.0 Å². The van der Waals surface area contributed by atoms with Gasteiger partial charge < -0.3 is 19.6 Å². The zero-order valence-electron chi connectivity index (χ0n) is 21.5. The van der Waals surface area contributed by atoms with Crippen LogP contribution in [-0.2, 0) is 27.5 Å². The second kappa shape index (κ2) is 10.3. The fraction of sp³-hybridized carbons (Fsp3) is 0.300. The van der Waals surface area contributed by atoms with Crippen molar-refractivity contribution in [1.29, 1.82) is 0 Å². The zero-order valence-corrected chi connectivity index (χ0v) is 22.3. The Balaban J connectivity index is 1.51. The van der Waals surface area contributed by atoms with Crippen molar-refractivity contribution in [3.63, 3.8) is 0 Å². The van der Waals surface area contributed by atoms with Crippen molar-refractivity contribution in [2.75, 3.05) is 10.8 Å². The van der Waals surface area contributed by atoms with Crippen LogP contribution in [0.1, 0.15) is 31.4 Å². The van der Waals surface area contributed by atoms with E-state index in [1.807, 2.05) is 105 Å². The third-order valence-electron chi connectivity index (χ3n) is 7.72. The topological polar surface area (TPSA) is 87.1 Å². The van der Waals surface area contributed by atoms with E-state index < -0.39 is 38.1 Å². The van der Waals surface area contributed by atoms with Gasteiger partial charge >= 0.3 is 5.97 Å². The van der Waals surface area contributed by atoms with Crippen molar-refractivity contribution in [2.45, 2.75) is 49.6 Å². The third-order valence-corrected chi connectivity index (χ3v) is 12.4. The lowest BCUT2D eigenvalue weighted by Crippen LogP contribution is -2.57. The monoisotopic (exact) mass is 532 g/mol.